The summed E-state index contributed by atoms with van der Waals surface area (Å²) in [4.78, 5) is 1.32. The zero-order valence-electron chi connectivity index (χ0n) is 7.00. The molecule has 0 aliphatic carbocycles. The SMILES string of the molecule is CSc1csc2cc(N)c(Br)cc12. The Bertz CT molecular complexity index is 450. The third-order valence-electron chi connectivity index (χ3n) is 1.88. The Labute approximate surface area is 93.4 Å². The second-order valence-corrected chi connectivity index (χ2v) is 5.29. The summed E-state index contributed by atoms with van der Waals surface area (Å²) >= 11 is 6.94. The number of halogens is 1. The molecule has 2 aromatic rings. The molecule has 0 atom stereocenters. The van der Waals surface area contributed by atoms with Gasteiger partial charge in [0, 0.05) is 30.5 Å². The highest BCUT2D eigenvalue weighted by atomic mass is 79.9. The van der Waals surface area contributed by atoms with E-state index in [2.05, 4.69) is 33.6 Å². The lowest BCUT2D eigenvalue weighted by molar-refractivity contribution is 1.63. The normalized spacial score (nSPS) is 10.9. The topological polar surface area (TPSA) is 26.0 Å². The van der Waals surface area contributed by atoms with E-state index in [0.29, 0.717) is 0 Å². The van der Waals surface area contributed by atoms with E-state index in [1.165, 1.54) is 15.0 Å². The van der Waals surface area contributed by atoms with Gasteiger partial charge in [0.2, 0.25) is 0 Å². The van der Waals surface area contributed by atoms with Crippen LogP contribution in [0, 0.1) is 0 Å². The monoisotopic (exact) mass is 273 g/mol. The molecule has 1 heterocycles. The fourth-order valence-corrected chi connectivity index (χ4v) is 3.38. The highest BCUT2D eigenvalue weighted by Crippen LogP contribution is 2.36. The van der Waals surface area contributed by atoms with Gasteiger partial charge < -0.3 is 5.73 Å². The highest BCUT2D eigenvalue weighted by molar-refractivity contribution is 9.10. The van der Waals surface area contributed by atoms with E-state index in [9.17, 15) is 0 Å². The first-order valence-electron chi connectivity index (χ1n) is 3.72. The first-order valence-corrected chi connectivity index (χ1v) is 6.62. The van der Waals surface area contributed by atoms with E-state index in [4.69, 9.17) is 5.73 Å². The van der Waals surface area contributed by atoms with Gasteiger partial charge in [0.25, 0.3) is 0 Å². The Hall–Kier alpha value is -0.190. The lowest BCUT2D eigenvalue weighted by Gasteiger charge is -1.99. The Kier molecular flexibility index (Phi) is 2.53. The van der Waals surface area contributed by atoms with Gasteiger partial charge in [-0.1, -0.05) is 0 Å². The van der Waals surface area contributed by atoms with Crippen LogP contribution in [-0.4, -0.2) is 6.26 Å². The average Bonchev–Trinajstić information content (AvgIpc) is 2.48. The van der Waals surface area contributed by atoms with Crippen molar-refractivity contribution in [1.82, 2.24) is 0 Å². The molecule has 0 spiro atoms. The molecule has 2 N–H and O–H groups in total. The average molecular weight is 274 g/mol. The van der Waals surface area contributed by atoms with E-state index in [1.54, 1.807) is 23.1 Å². The molecule has 0 bridgehead atoms. The Morgan fingerprint density at radius 2 is 2.23 bits per heavy atom. The van der Waals surface area contributed by atoms with Gasteiger partial charge >= 0.3 is 0 Å². The number of fused-ring (bicyclic) bond motifs is 1. The van der Waals surface area contributed by atoms with E-state index in [0.717, 1.165) is 10.2 Å². The molecule has 0 unspecified atom stereocenters. The van der Waals surface area contributed by atoms with Crippen molar-refractivity contribution in [1.29, 1.82) is 0 Å². The number of hydrogen-bond acceptors (Lipinski definition) is 3. The molecule has 1 nitrogen and oxygen atoms in total. The number of rotatable bonds is 1. The van der Waals surface area contributed by atoms with Gasteiger partial charge in [0.15, 0.2) is 0 Å². The minimum atomic E-state index is 0.807. The smallest absolute Gasteiger partial charge is 0.0473 e. The molecule has 0 radical (unpaired) electrons. The summed E-state index contributed by atoms with van der Waals surface area (Å²) < 4.78 is 2.23. The van der Waals surface area contributed by atoms with Crippen LogP contribution in [0.15, 0.2) is 26.9 Å². The molecule has 4 heteroatoms. The lowest BCUT2D eigenvalue weighted by atomic mass is 10.2. The predicted octanol–water partition coefficient (Wildman–Crippen LogP) is 3.97. The fourth-order valence-electron chi connectivity index (χ4n) is 1.20. The summed E-state index contributed by atoms with van der Waals surface area (Å²) in [7, 11) is 0. The molecule has 1 aromatic heterocycles. The molecule has 68 valence electrons. The van der Waals surface area contributed by atoms with Crippen molar-refractivity contribution in [3.8, 4) is 0 Å². The molecule has 13 heavy (non-hydrogen) atoms. The minimum Gasteiger partial charge on any atom is -0.398 e. The lowest BCUT2D eigenvalue weighted by Crippen LogP contribution is -1.84. The van der Waals surface area contributed by atoms with Crippen molar-refractivity contribution in [3.05, 3.63) is 22.0 Å². The van der Waals surface area contributed by atoms with Gasteiger partial charge in [0.05, 0.1) is 0 Å². The molecule has 0 amide bonds. The summed E-state index contributed by atoms with van der Waals surface area (Å²) in [6, 6.07) is 4.11. The van der Waals surface area contributed by atoms with Crippen molar-refractivity contribution in [2.24, 2.45) is 0 Å². The predicted molar refractivity (Wildman–Crippen MR) is 65.7 cm³/mol. The summed E-state index contributed by atoms with van der Waals surface area (Å²) in [5.74, 6) is 0. The van der Waals surface area contributed by atoms with Crippen LogP contribution in [0.25, 0.3) is 10.1 Å². The van der Waals surface area contributed by atoms with Crippen LogP contribution < -0.4 is 5.73 Å². The van der Waals surface area contributed by atoms with Gasteiger partial charge in [-0.15, -0.1) is 23.1 Å². The number of thioether (sulfide) groups is 1. The van der Waals surface area contributed by atoms with Gasteiger partial charge in [-0.3, -0.25) is 0 Å². The second-order valence-electron chi connectivity index (χ2n) is 2.67. The number of hydrogen-bond donors (Lipinski definition) is 1. The molecule has 2 rings (SSSR count). The van der Waals surface area contributed by atoms with Gasteiger partial charge in [0.1, 0.15) is 0 Å². The zero-order valence-corrected chi connectivity index (χ0v) is 10.2. The van der Waals surface area contributed by atoms with E-state index in [-0.39, 0.29) is 0 Å². The van der Waals surface area contributed by atoms with Crippen LogP contribution in [0.5, 0.6) is 0 Å². The van der Waals surface area contributed by atoms with E-state index in [1.807, 2.05) is 6.07 Å². The molecule has 1 aromatic carbocycles. The summed E-state index contributed by atoms with van der Waals surface area (Å²) in [6.07, 6.45) is 2.09. The van der Waals surface area contributed by atoms with Crippen LogP contribution >= 0.6 is 39.0 Å². The maximum Gasteiger partial charge on any atom is 0.0473 e. The number of nitrogen functional groups attached to an aromatic ring is 1. The highest BCUT2D eigenvalue weighted by Gasteiger charge is 2.05. The van der Waals surface area contributed by atoms with Gasteiger partial charge in [-0.2, -0.15) is 0 Å². The molecular weight excluding hydrogens is 266 g/mol. The van der Waals surface area contributed by atoms with Crippen molar-refractivity contribution in [3.63, 3.8) is 0 Å². The van der Waals surface area contributed by atoms with Crippen molar-refractivity contribution >= 4 is 54.8 Å². The van der Waals surface area contributed by atoms with Crippen molar-refractivity contribution in [2.45, 2.75) is 4.90 Å². The molecule has 0 saturated carbocycles. The first kappa shape index (κ1) is 9.37. The second kappa shape index (κ2) is 3.52. The Morgan fingerprint density at radius 3 is 2.92 bits per heavy atom. The molecule has 0 saturated heterocycles. The number of nitrogens with two attached hydrogens (primary N) is 1. The van der Waals surface area contributed by atoms with Gasteiger partial charge in [-0.25, -0.2) is 0 Å². The van der Waals surface area contributed by atoms with E-state index >= 15 is 0 Å². The molecule has 0 fully saturated rings. The summed E-state index contributed by atoms with van der Waals surface area (Å²) in [6.45, 7) is 0. The van der Waals surface area contributed by atoms with Crippen LogP contribution in [0.3, 0.4) is 0 Å². The van der Waals surface area contributed by atoms with Crippen LogP contribution in [-0.2, 0) is 0 Å². The maximum atomic E-state index is 5.79. The molecule has 0 aliphatic rings. The molecular formula is C9H8BrNS2. The summed E-state index contributed by atoms with van der Waals surface area (Å²) in [5, 5.41) is 3.46. The number of anilines is 1. The third kappa shape index (κ3) is 1.58. The minimum absolute atomic E-state index is 0.807. The quantitative estimate of drug-likeness (QED) is 0.629. The van der Waals surface area contributed by atoms with Crippen molar-refractivity contribution < 1.29 is 0 Å². The van der Waals surface area contributed by atoms with Gasteiger partial charge in [-0.05, 0) is 34.3 Å². The van der Waals surface area contributed by atoms with Crippen LogP contribution in [0.1, 0.15) is 0 Å². The largest absolute Gasteiger partial charge is 0.398 e. The number of thiophene rings is 1. The molecule has 0 aliphatic heterocycles. The standard InChI is InChI=1S/C9H8BrNS2/c1-12-9-4-13-8-3-7(11)6(10)2-5(8)9/h2-4H,11H2,1H3. The first-order chi connectivity index (χ1) is 6.22. The van der Waals surface area contributed by atoms with E-state index < -0.39 is 0 Å². The maximum absolute atomic E-state index is 5.79. The third-order valence-corrected chi connectivity index (χ3v) is 4.44. The summed E-state index contributed by atoms with van der Waals surface area (Å²) in [5.41, 5.74) is 6.60. The Morgan fingerprint density at radius 1 is 1.46 bits per heavy atom. The van der Waals surface area contributed by atoms with Crippen LogP contribution in [0.4, 0.5) is 5.69 Å². The zero-order chi connectivity index (χ0) is 9.42. The van der Waals surface area contributed by atoms with Crippen LogP contribution in [0.2, 0.25) is 0 Å². The fraction of sp³-hybridized carbons (Fsp3) is 0.111. The Balaban J connectivity index is 2.77. The number of benzene rings is 1. The van der Waals surface area contributed by atoms with Crippen molar-refractivity contribution in [2.75, 3.05) is 12.0 Å².